The predicted molar refractivity (Wildman–Crippen MR) is 104 cm³/mol. The molecule has 124 valence electrons. The Kier molecular flexibility index (Phi) is 3.64. The molecule has 2 heteroatoms. The third-order valence-corrected chi connectivity index (χ3v) is 5.62. The van der Waals surface area contributed by atoms with E-state index in [9.17, 15) is 0 Å². The molecule has 4 rings (SSSR count). The summed E-state index contributed by atoms with van der Waals surface area (Å²) in [5.41, 5.74) is 9.35. The highest BCUT2D eigenvalue weighted by Gasteiger charge is 2.27. The largest absolute Gasteiger partial charge is 0.371 e. The van der Waals surface area contributed by atoms with Crippen molar-refractivity contribution in [2.75, 3.05) is 16.8 Å². The highest BCUT2D eigenvalue weighted by atomic mass is 15.2. The van der Waals surface area contributed by atoms with Crippen molar-refractivity contribution >= 4 is 17.1 Å². The second-order valence-corrected chi connectivity index (χ2v) is 7.25. The maximum atomic E-state index is 4.39. The molecule has 2 nitrogen and oxygen atoms in total. The van der Waals surface area contributed by atoms with E-state index in [1.165, 1.54) is 40.0 Å². The number of nitrogens with zero attached hydrogens (tertiary/aromatic N) is 2. The van der Waals surface area contributed by atoms with Crippen molar-refractivity contribution in [2.24, 2.45) is 0 Å². The average Bonchev–Trinajstić information content (AvgIpc) is 3.05. The van der Waals surface area contributed by atoms with Gasteiger partial charge < -0.3 is 9.80 Å². The van der Waals surface area contributed by atoms with Crippen molar-refractivity contribution in [1.82, 2.24) is 0 Å². The number of anilines is 2. The first-order valence-electron chi connectivity index (χ1n) is 9.03. The molecule has 0 saturated heterocycles. The van der Waals surface area contributed by atoms with Crippen molar-refractivity contribution in [3.8, 4) is 0 Å². The maximum absolute atomic E-state index is 4.39. The van der Waals surface area contributed by atoms with Crippen LogP contribution < -0.4 is 9.80 Å². The summed E-state index contributed by atoms with van der Waals surface area (Å²) in [4.78, 5) is 4.75. The number of fused-ring (bicyclic) bond motifs is 2. The van der Waals surface area contributed by atoms with Crippen molar-refractivity contribution in [1.29, 1.82) is 0 Å². The van der Waals surface area contributed by atoms with E-state index in [2.05, 4.69) is 73.7 Å². The second kappa shape index (κ2) is 5.70. The van der Waals surface area contributed by atoms with Gasteiger partial charge in [0.1, 0.15) is 0 Å². The molecule has 0 spiro atoms. The van der Waals surface area contributed by atoms with Crippen LogP contribution in [-0.2, 0) is 19.4 Å². The van der Waals surface area contributed by atoms with Crippen LogP contribution in [0.1, 0.15) is 42.5 Å². The summed E-state index contributed by atoms with van der Waals surface area (Å²) in [7, 11) is 2.20. The van der Waals surface area contributed by atoms with E-state index in [1.54, 1.807) is 0 Å². The Balaban J connectivity index is 1.66. The van der Waals surface area contributed by atoms with Crippen LogP contribution >= 0.6 is 0 Å². The Bertz CT molecular complexity index is 806. The van der Waals surface area contributed by atoms with Gasteiger partial charge in [-0.15, -0.1) is 0 Å². The SMILES string of the molecule is C=C1c2cc(CCC)ccc2CN1c1ccc2c(c1)N(C)C(C)C2. The van der Waals surface area contributed by atoms with Crippen molar-refractivity contribution < 1.29 is 0 Å². The lowest BCUT2D eigenvalue weighted by atomic mass is 10.0. The molecule has 0 radical (unpaired) electrons. The number of hydrogen-bond acceptors (Lipinski definition) is 2. The lowest BCUT2D eigenvalue weighted by molar-refractivity contribution is 0.732. The summed E-state index contributed by atoms with van der Waals surface area (Å²) in [6.07, 6.45) is 3.47. The number of benzene rings is 2. The fraction of sp³-hybridized carbons (Fsp3) is 0.364. The van der Waals surface area contributed by atoms with Gasteiger partial charge in [-0.1, -0.05) is 38.1 Å². The van der Waals surface area contributed by atoms with Gasteiger partial charge in [-0.05, 0) is 54.7 Å². The Morgan fingerprint density at radius 2 is 1.92 bits per heavy atom. The van der Waals surface area contributed by atoms with Gasteiger partial charge in [-0.25, -0.2) is 0 Å². The van der Waals surface area contributed by atoms with E-state index in [0.717, 1.165) is 25.1 Å². The third-order valence-electron chi connectivity index (χ3n) is 5.62. The summed E-state index contributed by atoms with van der Waals surface area (Å²) < 4.78 is 0. The fourth-order valence-electron chi connectivity index (χ4n) is 4.05. The monoisotopic (exact) mass is 318 g/mol. The van der Waals surface area contributed by atoms with Crippen LogP contribution in [0.5, 0.6) is 0 Å². The molecule has 0 fully saturated rings. The van der Waals surface area contributed by atoms with Crippen LogP contribution in [0.4, 0.5) is 11.4 Å². The Hall–Kier alpha value is -2.22. The average molecular weight is 318 g/mol. The van der Waals surface area contributed by atoms with Gasteiger partial charge in [-0.2, -0.15) is 0 Å². The minimum Gasteiger partial charge on any atom is -0.371 e. The molecular weight excluding hydrogens is 292 g/mol. The first-order valence-corrected chi connectivity index (χ1v) is 9.03. The van der Waals surface area contributed by atoms with Gasteiger partial charge in [0.05, 0.1) is 0 Å². The minimum atomic E-state index is 0.589. The highest BCUT2D eigenvalue weighted by molar-refractivity contribution is 5.85. The molecule has 0 aliphatic carbocycles. The van der Waals surface area contributed by atoms with Crippen LogP contribution in [0, 0.1) is 0 Å². The van der Waals surface area contributed by atoms with Crippen molar-refractivity contribution in [3.05, 3.63) is 65.2 Å². The zero-order valence-corrected chi connectivity index (χ0v) is 15.0. The molecule has 1 unspecified atom stereocenters. The number of rotatable bonds is 3. The van der Waals surface area contributed by atoms with Crippen molar-refractivity contribution in [2.45, 2.75) is 45.7 Å². The van der Waals surface area contributed by atoms with E-state index in [0.29, 0.717) is 6.04 Å². The standard InChI is InChI=1S/C22H26N2/c1-5-6-17-7-8-19-14-24(16(3)21(19)12-17)20-10-9-18-11-15(2)23(4)22(18)13-20/h7-10,12-13,15H,3,5-6,11,14H2,1-2,4H3. The molecule has 2 aliphatic heterocycles. The van der Waals surface area contributed by atoms with E-state index in [1.807, 2.05) is 0 Å². The van der Waals surface area contributed by atoms with Gasteiger partial charge >= 0.3 is 0 Å². The van der Waals surface area contributed by atoms with Crippen LogP contribution in [0.25, 0.3) is 5.70 Å². The second-order valence-electron chi connectivity index (χ2n) is 7.25. The molecule has 0 aromatic heterocycles. The maximum Gasteiger partial charge on any atom is 0.0488 e. The fourth-order valence-corrected chi connectivity index (χ4v) is 4.05. The van der Waals surface area contributed by atoms with Gasteiger partial charge in [0, 0.05) is 42.3 Å². The topological polar surface area (TPSA) is 6.48 Å². The number of aryl methyl sites for hydroxylation is 1. The summed E-state index contributed by atoms with van der Waals surface area (Å²) in [5.74, 6) is 0. The molecule has 2 aromatic rings. The summed E-state index contributed by atoms with van der Waals surface area (Å²) >= 11 is 0. The first kappa shape index (κ1) is 15.3. The zero-order chi connectivity index (χ0) is 16.8. The Labute approximate surface area is 145 Å². The smallest absolute Gasteiger partial charge is 0.0488 e. The van der Waals surface area contributed by atoms with E-state index in [-0.39, 0.29) is 0 Å². The Morgan fingerprint density at radius 1 is 1.12 bits per heavy atom. The van der Waals surface area contributed by atoms with Crippen LogP contribution in [-0.4, -0.2) is 13.1 Å². The van der Waals surface area contributed by atoms with Crippen LogP contribution in [0.15, 0.2) is 43.0 Å². The molecule has 2 aliphatic rings. The van der Waals surface area contributed by atoms with Gasteiger partial charge in [0.2, 0.25) is 0 Å². The number of likely N-dealkylation sites (N-methyl/N-ethyl adjacent to an activating group) is 1. The zero-order valence-electron chi connectivity index (χ0n) is 15.0. The van der Waals surface area contributed by atoms with E-state index < -0.39 is 0 Å². The van der Waals surface area contributed by atoms with Crippen molar-refractivity contribution in [3.63, 3.8) is 0 Å². The minimum absolute atomic E-state index is 0.589. The summed E-state index contributed by atoms with van der Waals surface area (Å²) in [6.45, 7) is 9.85. The number of hydrogen-bond donors (Lipinski definition) is 0. The Morgan fingerprint density at radius 3 is 2.71 bits per heavy atom. The normalized spacial score (nSPS) is 19.0. The predicted octanol–water partition coefficient (Wildman–Crippen LogP) is 5.01. The molecule has 0 N–H and O–H groups in total. The molecule has 0 saturated carbocycles. The first-order chi connectivity index (χ1) is 11.6. The molecular formula is C22H26N2. The highest BCUT2D eigenvalue weighted by Crippen LogP contribution is 2.40. The lowest BCUT2D eigenvalue weighted by Gasteiger charge is -2.23. The van der Waals surface area contributed by atoms with Crippen LogP contribution in [0.3, 0.4) is 0 Å². The van der Waals surface area contributed by atoms with Crippen LogP contribution in [0.2, 0.25) is 0 Å². The third kappa shape index (κ3) is 2.32. The van der Waals surface area contributed by atoms with E-state index in [4.69, 9.17) is 0 Å². The lowest BCUT2D eigenvalue weighted by Crippen LogP contribution is -2.24. The van der Waals surface area contributed by atoms with Gasteiger partial charge in [-0.3, -0.25) is 0 Å². The molecule has 0 bridgehead atoms. The molecule has 24 heavy (non-hydrogen) atoms. The molecule has 1 atom stereocenters. The summed E-state index contributed by atoms with van der Waals surface area (Å²) in [5, 5.41) is 0. The summed E-state index contributed by atoms with van der Waals surface area (Å²) in [6, 6.07) is 14.4. The molecule has 2 heterocycles. The van der Waals surface area contributed by atoms with Gasteiger partial charge in [0.15, 0.2) is 0 Å². The molecule has 0 amide bonds. The quantitative estimate of drug-likeness (QED) is 0.785. The van der Waals surface area contributed by atoms with Gasteiger partial charge in [0.25, 0.3) is 0 Å². The molecule has 2 aromatic carbocycles. The van der Waals surface area contributed by atoms with E-state index >= 15 is 0 Å².